The highest BCUT2D eigenvalue weighted by Gasteiger charge is 2.29. The third-order valence-electron chi connectivity index (χ3n) is 2.83. The van der Waals surface area contributed by atoms with Crippen molar-refractivity contribution in [2.24, 2.45) is 0 Å². The molecule has 5 heteroatoms. The number of carboxylic acid groups (broad SMARTS) is 1. The number of nitrogens with one attached hydrogen (secondary N) is 1. The van der Waals surface area contributed by atoms with E-state index in [0.717, 1.165) is 6.42 Å². The third kappa shape index (κ3) is 2.55. The Labute approximate surface area is 99.0 Å². The number of carbonyl (C=O) groups excluding carboxylic acids is 1. The van der Waals surface area contributed by atoms with Gasteiger partial charge in [-0.3, -0.25) is 9.69 Å². The summed E-state index contributed by atoms with van der Waals surface area (Å²) in [6.45, 7) is 0.481. The Bertz CT molecular complexity index is 419. The van der Waals surface area contributed by atoms with Crippen LogP contribution >= 0.6 is 0 Å². The van der Waals surface area contributed by atoms with Gasteiger partial charge in [0.2, 0.25) is 0 Å². The molecule has 0 aliphatic carbocycles. The molecule has 0 radical (unpaired) electrons. The summed E-state index contributed by atoms with van der Waals surface area (Å²) in [7, 11) is 0. The zero-order valence-electron chi connectivity index (χ0n) is 9.30. The van der Waals surface area contributed by atoms with Crippen LogP contribution in [0.3, 0.4) is 0 Å². The Morgan fingerprint density at radius 3 is 2.65 bits per heavy atom. The maximum atomic E-state index is 11.8. The van der Waals surface area contributed by atoms with Crippen molar-refractivity contribution in [3.05, 3.63) is 35.9 Å². The first-order chi connectivity index (χ1) is 8.18. The van der Waals surface area contributed by atoms with E-state index in [-0.39, 0.29) is 5.91 Å². The summed E-state index contributed by atoms with van der Waals surface area (Å²) in [5, 5.41) is 11.7. The van der Waals surface area contributed by atoms with Gasteiger partial charge in [0.15, 0.2) is 0 Å². The standard InChI is InChI=1S/C12H14N2O3/c15-11(9-5-2-1-3-6-9)13-10-7-4-8-14(10)12(16)17/h1-3,5-6,10H,4,7-8H2,(H,13,15)(H,16,17). The minimum absolute atomic E-state index is 0.233. The number of likely N-dealkylation sites (tertiary alicyclic amines) is 1. The van der Waals surface area contributed by atoms with Crippen LogP contribution in [-0.2, 0) is 0 Å². The Morgan fingerprint density at radius 1 is 1.29 bits per heavy atom. The van der Waals surface area contributed by atoms with Crippen LogP contribution in [0.15, 0.2) is 30.3 Å². The molecule has 1 atom stereocenters. The highest BCUT2D eigenvalue weighted by molar-refractivity contribution is 5.94. The Kier molecular flexibility index (Phi) is 3.27. The van der Waals surface area contributed by atoms with Gasteiger partial charge in [-0.15, -0.1) is 0 Å². The normalized spacial score (nSPS) is 19.1. The zero-order valence-corrected chi connectivity index (χ0v) is 9.30. The van der Waals surface area contributed by atoms with E-state index in [1.165, 1.54) is 4.90 Å². The van der Waals surface area contributed by atoms with Gasteiger partial charge < -0.3 is 10.4 Å². The molecule has 2 N–H and O–H groups in total. The van der Waals surface area contributed by atoms with Crippen LogP contribution in [0.2, 0.25) is 0 Å². The van der Waals surface area contributed by atoms with E-state index in [1.54, 1.807) is 24.3 Å². The van der Waals surface area contributed by atoms with E-state index in [0.29, 0.717) is 18.5 Å². The first-order valence-electron chi connectivity index (χ1n) is 5.54. The second-order valence-corrected chi connectivity index (χ2v) is 3.97. The maximum absolute atomic E-state index is 11.8. The molecule has 90 valence electrons. The van der Waals surface area contributed by atoms with E-state index in [2.05, 4.69) is 5.32 Å². The largest absolute Gasteiger partial charge is 0.465 e. The van der Waals surface area contributed by atoms with Gasteiger partial charge in [0.1, 0.15) is 6.17 Å². The molecule has 1 heterocycles. The van der Waals surface area contributed by atoms with E-state index in [1.807, 2.05) is 6.07 Å². The molecule has 1 aromatic carbocycles. The number of carbonyl (C=O) groups is 2. The van der Waals surface area contributed by atoms with Crippen LogP contribution in [-0.4, -0.2) is 34.7 Å². The highest BCUT2D eigenvalue weighted by atomic mass is 16.4. The van der Waals surface area contributed by atoms with Crippen LogP contribution in [0.5, 0.6) is 0 Å². The highest BCUT2D eigenvalue weighted by Crippen LogP contribution is 2.15. The molecule has 1 aromatic rings. The fraction of sp³-hybridized carbons (Fsp3) is 0.333. The molecule has 1 fully saturated rings. The van der Waals surface area contributed by atoms with Gasteiger partial charge in [-0.25, -0.2) is 4.79 Å². The SMILES string of the molecule is O=C(NC1CCCN1C(=O)O)c1ccccc1. The number of rotatable bonds is 2. The van der Waals surface area contributed by atoms with Gasteiger partial charge in [-0.2, -0.15) is 0 Å². The van der Waals surface area contributed by atoms with Crippen molar-refractivity contribution in [3.63, 3.8) is 0 Å². The van der Waals surface area contributed by atoms with Crippen molar-refractivity contribution in [3.8, 4) is 0 Å². The fourth-order valence-electron chi connectivity index (χ4n) is 1.97. The molecule has 1 aliphatic heterocycles. The average Bonchev–Trinajstić information content (AvgIpc) is 2.78. The van der Waals surface area contributed by atoms with E-state index < -0.39 is 12.3 Å². The van der Waals surface area contributed by atoms with Gasteiger partial charge in [-0.1, -0.05) is 18.2 Å². The summed E-state index contributed by atoms with van der Waals surface area (Å²) in [4.78, 5) is 24.0. The first kappa shape index (κ1) is 11.4. The van der Waals surface area contributed by atoms with E-state index in [4.69, 9.17) is 5.11 Å². The maximum Gasteiger partial charge on any atom is 0.408 e. The number of benzene rings is 1. The minimum Gasteiger partial charge on any atom is -0.465 e. The molecule has 0 saturated carbocycles. The number of hydrogen-bond donors (Lipinski definition) is 2. The summed E-state index contributed by atoms with van der Waals surface area (Å²) >= 11 is 0. The molecule has 1 saturated heterocycles. The zero-order chi connectivity index (χ0) is 12.3. The topological polar surface area (TPSA) is 69.6 Å². The molecular weight excluding hydrogens is 220 g/mol. The summed E-state index contributed by atoms with van der Waals surface area (Å²) in [6.07, 6.45) is 0.0674. The molecule has 1 unspecified atom stereocenters. The van der Waals surface area contributed by atoms with Crippen LogP contribution in [0, 0.1) is 0 Å². The van der Waals surface area contributed by atoms with Crippen molar-refractivity contribution < 1.29 is 14.7 Å². The predicted octanol–water partition coefficient (Wildman–Crippen LogP) is 1.52. The van der Waals surface area contributed by atoms with Crippen molar-refractivity contribution in [1.82, 2.24) is 10.2 Å². The minimum atomic E-state index is -0.985. The Hall–Kier alpha value is -2.04. The molecule has 0 spiro atoms. The lowest BCUT2D eigenvalue weighted by atomic mass is 10.2. The summed E-state index contributed by atoms with van der Waals surface area (Å²) < 4.78 is 0. The molecular formula is C12H14N2O3. The van der Waals surface area contributed by atoms with E-state index in [9.17, 15) is 9.59 Å². The van der Waals surface area contributed by atoms with Gasteiger partial charge >= 0.3 is 6.09 Å². The Morgan fingerprint density at radius 2 is 2.00 bits per heavy atom. The predicted molar refractivity (Wildman–Crippen MR) is 61.7 cm³/mol. The quantitative estimate of drug-likeness (QED) is 0.815. The van der Waals surface area contributed by atoms with Gasteiger partial charge in [0.05, 0.1) is 0 Å². The summed E-state index contributed by atoms with van der Waals surface area (Å²) in [6, 6.07) is 8.79. The van der Waals surface area contributed by atoms with Crippen molar-refractivity contribution in [1.29, 1.82) is 0 Å². The van der Waals surface area contributed by atoms with Gasteiger partial charge in [0, 0.05) is 12.1 Å². The molecule has 2 amide bonds. The molecule has 0 bridgehead atoms. The summed E-state index contributed by atoms with van der Waals surface area (Å²) in [5.74, 6) is -0.233. The number of amides is 2. The second-order valence-electron chi connectivity index (χ2n) is 3.97. The molecule has 17 heavy (non-hydrogen) atoms. The second kappa shape index (κ2) is 4.86. The monoisotopic (exact) mass is 234 g/mol. The first-order valence-corrected chi connectivity index (χ1v) is 5.54. The lowest BCUT2D eigenvalue weighted by Crippen LogP contribution is -2.46. The smallest absolute Gasteiger partial charge is 0.408 e. The van der Waals surface area contributed by atoms with Gasteiger partial charge in [0.25, 0.3) is 5.91 Å². The summed E-state index contributed by atoms with van der Waals surface area (Å²) in [5.41, 5.74) is 0.546. The van der Waals surface area contributed by atoms with Crippen molar-refractivity contribution >= 4 is 12.0 Å². The van der Waals surface area contributed by atoms with Crippen LogP contribution in [0.1, 0.15) is 23.2 Å². The molecule has 5 nitrogen and oxygen atoms in total. The molecule has 2 rings (SSSR count). The average molecular weight is 234 g/mol. The number of nitrogens with zero attached hydrogens (tertiary/aromatic N) is 1. The fourth-order valence-corrected chi connectivity index (χ4v) is 1.97. The van der Waals surface area contributed by atoms with Gasteiger partial charge in [-0.05, 0) is 25.0 Å². The third-order valence-corrected chi connectivity index (χ3v) is 2.83. The van der Waals surface area contributed by atoms with Crippen LogP contribution in [0.25, 0.3) is 0 Å². The van der Waals surface area contributed by atoms with Crippen LogP contribution < -0.4 is 5.32 Å². The molecule has 0 aromatic heterocycles. The lowest BCUT2D eigenvalue weighted by molar-refractivity contribution is 0.0877. The van der Waals surface area contributed by atoms with Crippen molar-refractivity contribution in [2.75, 3.05) is 6.54 Å². The van der Waals surface area contributed by atoms with E-state index >= 15 is 0 Å². The Balaban J connectivity index is 2.02. The molecule has 1 aliphatic rings. The van der Waals surface area contributed by atoms with Crippen molar-refractivity contribution in [2.45, 2.75) is 19.0 Å². The van der Waals surface area contributed by atoms with Crippen LogP contribution in [0.4, 0.5) is 4.79 Å². The number of hydrogen-bond acceptors (Lipinski definition) is 2. The lowest BCUT2D eigenvalue weighted by Gasteiger charge is -2.22.